The van der Waals surface area contributed by atoms with Gasteiger partial charge in [-0.3, -0.25) is 0 Å². The molecule has 2 N–H and O–H groups in total. The van der Waals surface area contributed by atoms with Crippen LogP contribution >= 0.6 is 0 Å². The quantitative estimate of drug-likeness (QED) is 0.823. The Balaban J connectivity index is 3.12. The van der Waals surface area contributed by atoms with Gasteiger partial charge in [-0.05, 0) is 57.4 Å². The van der Waals surface area contributed by atoms with E-state index < -0.39 is 0 Å². The third-order valence-electron chi connectivity index (χ3n) is 2.44. The van der Waals surface area contributed by atoms with Gasteiger partial charge in [0.1, 0.15) is 5.75 Å². The number of ether oxygens (including phenoxy) is 1. The molecule has 0 aliphatic rings. The summed E-state index contributed by atoms with van der Waals surface area (Å²) >= 11 is 0. The maximum absolute atomic E-state index is 5.85. The van der Waals surface area contributed by atoms with Gasteiger partial charge in [-0.25, -0.2) is 0 Å². The van der Waals surface area contributed by atoms with Crippen molar-refractivity contribution in [2.75, 3.05) is 6.54 Å². The van der Waals surface area contributed by atoms with E-state index in [9.17, 15) is 0 Å². The Hall–Kier alpha value is -1.02. The van der Waals surface area contributed by atoms with Crippen LogP contribution in [0, 0.1) is 13.8 Å². The SMILES string of the molecule is Cc1ccc(C)c(OC(C)C)c1CCN. The summed E-state index contributed by atoms with van der Waals surface area (Å²) in [7, 11) is 0. The van der Waals surface area contributed by atoms with Crippen LogP contribution in [0.2, 0.25) is 0 Å². The van der Waals surface area contributed by atoms with Crippen LogP contribution in [0.15, 0.2) is 12.1 Å². The van der Waals surface area contributed by atoms with Crippen LogP contribution in [0.1, 0.15) is 30.5 Å². The van der Waals surface area contributed by atoms with Crippen molar-refractivity contribution in [3.8, 4) is 5.75 Å². The number of nitrogens with two attached hydrogens (primary N) is 1. The average Bonchev–Trinajstić information content (AvgIpc) is 2.17. The third-order valence-corrected chi connectivity index (χ3v) is 2.44. The smallest absolute Gasteiger partial charge is 0.126 e. The number of benzene rings is 1. The van der Waals surface area contributed by atoms with Gasteiger partial charge in [0.05, 0.1) is 6.10 Å². The summed E-state index contributed by atoms with van der Waals surface area (Å²) in [6, 6.07) is 4.24. The second-order valence-electron chi connectivity index (χ2n) is 4.21. The first-order valence-corrected chi connectivity index (χ1v) is 5.52. The van der Waals surface area contributed by atoms with Crippen molar-refractivity contribution < 1.29 is 4.74 Å². The van der Waals surface area contributed by atoms with Gasteiger partial charge in [0.25, 0.3) is 0 Å². The monoisotopic (exact) mass is 207 g/mol. The van der Waals surface area contributed by atoms with Crippen LogP contribution in [0.3, 0.4) is 0 Å². The van der Waals surface area contributed by atoms with E-state index in [0.717, 1.165) is 12.2 Å². The molecule has 84 valence electrons. The standard InChI is InChI=1S/C13H21NO/c1-9(2)15-13-11(4)6-5-10(3)12(13)7-8-14/h5-6,9H,7-8,14H2,1-4H3. The largest absolute Gasteiger partial charge is 0.490 e. The van der Waals surface area contributed by atoms with Crippen molar-refractivity contribution in [2.24, 2.45) is 5.73 Å². The maximum Gasteiger partial charge on any atom is 0.126 e. The van der Waals surface area contributed by atoms with E-state index >= 15 is 0 Å². The van der Waals surface area contributed by atoms with Gasteiger partial charge < -0.3 is 10.5 Å². The van der Waals surface area contributed by atoms with E-state index in [-0.39, 0.29) is 6.10 Å². The molecule has 0 radical (unpaired) electrons. The lowest BCUT2D eigenvalue weighted by molar-refractivity contribution is 0.238. The predicted molar refractivity (Wildman–Crippen MR) is 64.4 cm³/mol. The molecule has 0 saturated heterocycles. The van der Waals surface area contributed by atoms with Crippen LogP contribution in [0.4, 0.5) is 0 Å². The van der Waals surface area contributed by atoms with E-state index in [1.807, 2.05) is 13.8 Å². The summed E-state index contributed by atoms with van der Waals surface area (Å²) in [6.45, 7) is 8.95. The van der Waals surface area contributed by atoms with Crippen molar-refractivity contribution >= 4 is 0 Å². The Bertz CT molecular complexity index is 332. The maximum atomic E-state index is 5.85. The van der Waals surface area contributed by atoms with Gasteiger partial charge in [-0.2, -0.15) is 0 Å². The number of hydrogen-bond acceptors (Lipinski definition) is 2. The predicted octanol–water partition coefficient (Wildman–Crippen LogP) is 2.59. The summed E-state index contributed by atoms with van der Waals surface area (Å²) in [6.07, 6.45) is 1.09. The summed E-state index contributed by atoms with van der Waals surface area (Å²) in [5.41, 5.74) is 9.34. The highest BCUT2D eigenvalue weighted by molar-refractivity contribution is 5.45. The van der Waals surface area contributed by atoms with Crippen molar-refractivity contribution in [3.05, 3.63) is 28.8 Å². The molecule has 0 aromatic heterocycles. The molecular weight excluding hydrogens is 186 g/mol. The zero-order chi connectivity index (χ0) is 11.4. The molecule has 1 aromatic rings. The number of rotatable bonds is 4. The molecule has 2 nitrogen and oxygen atoms in total. The molecule has 0 saturated carbocycles. The Morgan fingerprint density at radius 3 is 2.33 bits per heavy atom. The van der Waals surface area contributed by atoms with Gasteiger partial charge in [0.2, 0.25) is 0 Å². The van der Waals surface area contributed by atoms with E-state index in [0.29, 0.717) is 6.54 Å². The van der Waals surface area contributed by atoms with E-state index in [1.54, 1.807) is 0 Å². The molecule has 0 fully saturated rings. The molecule has 0 spiro atoms. The Kier molecular flexibility index (Phi) is 4.15. The molecule has 0 atom stereocenters. The molecule has 0 amide bonds. The number of hydrogen-bond donors (Lipinski definition) is 1. The van der Waals surface area contributed by atoms with E-state index in [4.69, 9.17) is 10.5 Å². The highest BCUT2D eigenvalue weighted by atomic mass is 16.5. The zero-order valence-electron chi connectivity index (χ0n) is 10.1. The second kappa shape index (κ2) is 5.17. The van der Waals surface area contributed by atoms with Gasteiger partial charge in [-0.15, -0.1) is 0 Å². The summed E-state index contributed by atoms with van der Waals surface area (Å²) in [4.78, 5) is 0. The van der Waals surface area contributed by atoms with Crippen LogP contribution < -0.4 is 10.5 Å². The molecule has 0 aliphatic carbocycles. The van der Waals surface area contributed by atoms with Gasteiger partial charge in [0.15, 0.2) is 0 Å². The first-order chi connectivity index (χ1) is 7.06. The van der Waals surface area contributed by atoms with Crippen LogP contribution in [0.5, 0.6) is 5.75 Å². The summed E-state index contributed by atoms with van der Waals surface area (Å²) in [5, 5.41) is 0. The summed E-state index contributed by atoms with van der Waals surface area (Å²) < 4.78 is 5.85. The van der Waals surface area contributed by atoms with Crippen molar-refractivity contribution in [2.45, 2.75) is 40.2 Å². The Morgan fingerprint density at radius 2 is 1.80 bits per heavy atom. The summed E-state index contributed by atoms with van der Waals surface area (Å²) in [5.74, 6) is 1.02. The first kappa shape index (κ1) is 12.1. The fourth-order valence-electron chi connectivity index (χ4n) is 1.70. The minimum atomic E-state index is 0.210. The van der Waals surface area contributed by atoms with E-state index in [1.165, 1.54) is 16.7 Å². The zero-order valence-corrected chi connectivity index (χ0v) is 10.1. The molecule has 15 heavy (non-hydrogen) atoms. The Morgan fingerprint density at radius 1 is 1.20 bits per heavy atom. The lowest BCUT2D eigenvalue weighted by atomic mass is 10.0. The third kappa shape index (κ3) is 2.96. The molecule has 1 aromatic carbocycles. The van der Waals surface area contributed by atoms with Crippen LogP contribution in [-0.2, 0) is 6.42 Å². The van der Waals surface area contributed by atoms with E-state index in [2.05, 4.69) is 26.0 Å². The minimum absolute atomic E-state index is 0.210. The van der Waals surface area contributed by atoms with Gasteiger partial charge >= 0.3 is 0 Å². The molecular formula is C13H21NO. The highest BCUT2D eigenvalue weighted by Crippen LogP contribution is 2.27. The van der Waals surface area contributed by atoms with Crippen molar-refractivity contribution in [1.29, 1.82) is 0 Å². The number of aryl methyl sites for hydroxylation is 2. The van der Waals surface area contributed by atoms with Crippen molar-refractivity contribution in [3.63, 3.8) is 0 Å². The van der Waals surface area contributed by atoms with Crippen molar-refractivity contribution in [1.82, 2.24) is 0 Å². The fourth-order valence-corrected chi connectivity index (χ4v) is 1.70. The molecule has 1 rings (SSSR count). The highest BCUT2D eigenvalue weighted by Gasteiger charge is 2.10. The lowest BCUT2D eigenvalue weighted by Crippen LogP contribution is -2.12. The second-order valence-corrected chi connectivity index (χ2v) is 4.21. The van der Waals surface area contributed by atoms with Crippen LogP contribution in [-0.4, -0.2) is 12.6 Å². The molecule has 2 heteroatoms. The Labute approximate surface area is 92.4 Å². The van der Waals surface area contributed by atoms with Crippen LogP contribution in [0.25, 0.3) is 0 Å². The molecule has 0 aliphatic heterocycles. The lowest BCUT2D eigenvalue weighted by Gasteiger charge is -2.18. The fraction of sp³-hybridized carbons (Fsp3) is 0.538. The minimum Gasteiger partial charge on any atom is -0.490 e. The topological polar surface area (TPSA) is 35.2 Å². The molecule has 0 bridgehead atoms. The first-order valence-electron chi connectivity index (χ1n) is 5.52. The van der Waals surface area contributed by atoms with Gasteiger partial charge in [0, 0.05) is 0 Å². The molecule has 0 heterocycles. The average molecular weight is 207 g/mol. The normalized spacial score (nSPS) is 10.8. The van der Waals surface area contributed by atoms with Gasteiger partial charge in [-0.1, -0.05) is 12.1 Å². The molecule has 0 unspecified atom stereocenters.